The number of nitrogens with zero attached hydrogens (tertiary/aromatic N) is 1. The average molecular weight is 216 g/mol. The lowest BCUT2D eigenvalue weighted by Gasteiger charge is -2.09. The molecule has 0 fully saturated rings. The Kier molecular flexibility index (Phi) is 2.95. The van der Waals surface area contributed by atoms with Gasteiger partial charge in [0.1, 0.15) is 0 Å². The van der Waals surface area contributed by atoms with Crippen molar-refractivity contribution in [2.45, 2.75) is 12.8 Å². The lowest BCUT2D eigenvalue weighted by Crippen LogP contribution is -2.21. The van der Waals surface area contributed by atoms with Gasteiger partial charge in [-0.25, -0.2) is 0 Å². The summed E-state index contributed by atoms with van der Waals surface area (Å²) in [6.07, 6.45) is 3.35. The van der Waals surface area contributed by atoms with E-state index in [1.54, 1.807) is 19.0 Å². The molecule has 0 aliphatic rings. The number of aromatic nitrogens is 1. The van der Waals surface area contributed by atoms with Crippen LogP contribution in [-0.4, -0.2) is 29.9 Å². The summed E-state index contributed by atoms with van der Waals surface area (Å²) in [6, 6.07) is 8.16. The maximum atomic E-state index is 11.5. The molecule has 0 unspecified atom stereocenters. The van der Waals surface area contributed by atoms with Gasteiger partial charge in [-0.05, 0) is 18.1 Å². The topological polar surface area (TPSA) is 36.1 Å². The normalized spacial score (nSPS) is 10.6. The van der Waals surface area contributed by atoms with Crippen LogP contribution in [0.1, 0.15) is 12.0 Å². The van der Waals surface area contributed by atoms with E-state index in [1.165, 1.54) is 10.9 Å². The van der Waals surface area contributed by atoms with Crippen LogP contribution < -0.4 is 0 Å². The number of hydrogen-bond donors (Lipinski definition) is 1. The minimum atomic E-state index is 0.172. The van der Waals surface area contributed by atoms with Gasteiger partial charge in [-0.15, -0.1) is 0 Å². The van der Waals surface area contributed by atoms with Crippen LogP contribution >= 0.6 is 0 Å². The number of nitrogens with one attached hydrogen (secondary N) is 1. The summed E-state index contributed by atoms with van der Waals surface area (Å²) in [6.45, 7) is 0. The van der Waals surface area contributed by atoms with Gasteiger partial charge in [-0.2, -0.15) is 0 Å². The van der Waals surface area contributed by atoms with E-state index in [1.807, 2.05) is 24.4 Å². The Balaban J connectivity index is 2.13. The molecule has 1 N–H and O–H groups in total. The Morgan fingerprint density at radius 2 is 2.06 bits per heavy atom. The maximum absolute atomic E-state index is 11.5. The zero-order valence-corrected chi connectivity index (χ0v) is 9.66. The molecule has 0 aliphatic carbocycles. The van der Waals surface area contributed by atoms with Crippen LogP contribution in [0.15, 0.2) is 30.5 Å². The molecule has 1 amide bonds. The highest BCUT2D eigenvalue weighted by Gasteiger charge is 2.07. The van der Waals surface area contributed by atoms with Crippen molar-refractivity contribution < 1.29 is 4.79 Å². The molecule has 1 heterocycles. The van der Waals surface area contributed by atoms with Crippen LogP contribution in [0.3, 0.4) is 0 Å². The van der Waals surface area contributed by atoms with Crippen LogP contribution in [0.2, 0.25) is 0 Å². The highest BCUT2D eigenvalue weighted by molar-refractivity contribution is 5.84. The van der Waals surface area contributed by atoms with Crippen molar-refractivity contribution in [2.75, 3.05) is 14.1 Å². The first kappa shape index (κ1) is 10.7. The predicted octanol–water partition coefficient (Wildman–Crippen LogP) is 2.19. The van der Waals surface area contributed by atoms with E-state index in [0.717, 1.165) is 11.9 Å². The average Bonchev–Trinajstić information content (AvgIpc) is 2.69. The largest absolute Gasteiger partial charge is 0.361 e. The summed E-state index contributed by atoms with van der Waals surface area (Å²) in [5.74, 6) is 0.172. The van der Waals surface area contributed by atoms with Crippen LogP contribution in [0.4, 0.5) is 0 Å². The third kappa shape index (κ3) is 2.08. The number of fused-ring (bicyclic) bond motifs is 1. The van der Waals surface area contributed by atoms with E-state index in [2.05, 4.69) is 11.1 Å². The minimum Gasteiger partial charge on any atom is -0.361 e. The Hall–Kier alpha value is -1.77. The molecule has 0 atom stereocenters. The van der Waals surface area contributed by atoms with Gasteiger partial charge in [0.15, 0.2) is 0 Å². The van der Waals surface area contributed by atoms with E-state index < -0.39 is 0 Å². The molecule has 0 spiro atoms. The van der Waals surface area contributed by atoms with Gasteiger partial charge in [0, 0.05) is 37.6 Å². The van der Waals surface area contributed by atoms with Crippen molar-refractivity contribution >= 4 is 16.8 Å². The van der Waals surface area contributed by atoms with Crippen LogP contribution in [0.25, 0.3) is 10.9 Å². The summed E-state index contributed by atoms with van der Waals surface area (Å²) in [5, 5.41) is 1.22. The SMILES string of the molecule is CN(C)C(=O)CCc1c[nH]c2ccccc12. The standard InChI is InChI=1S/C13H16N2O/c1-15(2)13(16)8-7-10-9-14-12-6-4-3-5-11(10)12/h3-6,9,14H,7-8H2,1-2H3. The predicted molar refractivity (Wildman–Crippen MR) is 65.3 cm³/mol. The molecule has 2 rings (SSSR count). The number of aryl methyl sites for hydroxylation is 1. The number of aromatic amines is 1. The molecule has 0 bridgehead atoms. The second-order valence-corrected chi connectivity index (χ2v) is 4.15. The third-order valence-electron chi connectivity index (χ3n) is 2.78. The second kappa shape index (κ2) is 4.39. The molecule has 1 aromatic carbocycles. The van der Waals surface area contributed by atoms with E-state index >= 15 is 0 Å². The van der Waals surface area contributed by atoms with Gasteiger partial charge in [0.2, 0.25) is 5.91 Å². The number of benzene rings is 1. The van der Waals surface area contributed by atoms with Crippen molar-refractivity contribution in [3.63, 3.8) is 0 Å². The monoisotopic (exact) mass is 216 g/mol. The van der Waals surface area contributed by atoms with Crippen LogP contribution in [-0.2, 0) is 11.2 Å². The number of carbonyl (C=O) groups excluding carboxylic acids is 1. The molecule has 1 aromatic heterocycles. The lowest BCUT2D eigenvalue weighted by atomic mass is 10.1. The van der Waals surface area contributed by atoms with Gasteiger partial charge in [-0.3, -0.25) is 4.79 Å². The van der Waals surface area contributed by atoms with E-state index in [-0.39, 0.29) is 5.91 Å². The maximum Gasteiger partial charge on any atom is 0.222 e. The number of rotatable bonds is 3. The Labute approximate surface area is 95.1 Å². The molecule has 0 aliphatic heterocycles. The van der Waals surface area contributed by atoms with Gasteiger partial charge in [0.05, 0.1) is 0 Å². The van der Waals surface area contributed by atoms with E-state index in [9.17, 15) is 4.79 Å². The summed E-state index contributed by atoms with van der Waals surface area (Å²) in [5.41, 5.74) is 2.35. The fraction of sp³-hybridized carbons (Fsp3) is 0.308. The number of amides is 1. The fourth-order valence-electron chi connectivity index (χ4n) is 1.80. The number of hydrogen-bond acceptors (Lipinski definition) is 1. The first-order valence-corrected chi connectivity index (χ1v) is 5.43. The van der Waals surface area contributed by atoms with Crippen molar-refractivity contribution in [1.29, 1.82) is 0 Å². The summed E-state index contributed by atoms with van der Waals surface area (Å²) < 4.78 is 0. The smallest absolute Gasteiger partial charge is 0.222 e. The molecule has 3 nitrogen and oxygen atoms in total. The number of H-pyrrole nitrogens is 1. The van der Waals surface area contributed by atoms with Gasteiger partial charge in [-0.1, -0.05) is 18.2 Å². The Morgan fingerprint density at radius 3 is 2.81 bits per heavy atom. The van der Waals surface area contributed by atoms with Crippen LogP contribution in [0.5, 0.6) is 0 Å². The highest BCUT2D eigenvalue weighted by atomic mass is 16.2. The third-order valence-corrected chi connectivity index (χ3v) is 2.78. The van der Waals surface area contributed by atoms with Gasteiger partial charge < -0.3 is 9.88 Å². The van der Waals surface area contributed by atoms with Crippen LogP contribution in [0, 0.1) is 0 Å². The molecule has 2 aromatic rings. The summed E-state index contributed by atoms with van der Waals surface area (Å²) in [7, 11) is 3.58. The lowest BCUT2D eigenvalue weighted by molar-refractivity contribution is -0.128. The first-order valence-electron chi connectivity index (χ1n) is 5.43. The molecule has 3 heteroatoms. The van der Waals surface area contributed by atoms with E-state index in [4.69, 9.17) is 0 Å². The second-order valence-electron chi connectivity index (χ2n) is 4.15. The van der Waals surface area contributed by atoms with Gasteiger partial charge in [0.25, 0.3) is 0 Å². The fourth-order valence-corrected chi connectivity index (χ4v) is 1.80. The van der Waals surface area contributed by atoms with Crippen molar-refractivity contribution in [3.05, 3.63) is 36.0 Å². The molecule has 16 heavy (non-hydrogen) atoms. The Bertz CT molecular complexity index is 499. The van der Waals surface area contributed by atoms with Gasteiger partial charge >= 0.3 is 0 Å². The minimum absolute atomic E-state index is 0.172. The summed E-state index contributed by atoms with van der Waals surface area (Å²) in [4.78, 5) is 16.3. The molecule has 0 radical (unpaired) electrons. The molecular formula is C13H16N2O. The zero-order chi connectivity index (χ0) is 11.5. The molecule has 0 saturated heterocycles. The van der Waals surface area contributed by atoms with Crippen molar-refractivity contribution in [1.82, 2.24) is 9.88 Å². The van der Waals surface area contributed by atoms with Crippen molar-refractivity contribution in [2.24, 2.45) is 0 Å². The first-order chi connectivity index (χ1) is 7.68. The van der Waals surface area contributed by atoms with E-state index in [0.29, 0.717) is 6.42 Å². The van der Waals surface area contributed by atoms with Crippen molar-refractivity contribution in [3.8, 4) is 0 Å². The molecular weight excluding hydrogens is 200 g/mol. The quantitative estimate of drug-likeness (QED) is 0.838. The highest BCUT2D eigenvalue weighted by Crippen LogP contribution is 2.18. The molecule has 0 saturated carbocycles. The molecule has 84 valence electrons. The number of carbonyl (C=O) groups is 1. The summed E-state index contributed by atoms with van der Waals surface area (Å²) >= 11 is 0. The zero-order valence-electron chi connectivity index (χ0n) is 9.66. The number of para-hydroxylation sites is 1. The Morgan fingerprint density at radius 1 is 1.31 bits per heavy atom.